The second kappa shape index (κ2) is 9.72. The van der Waals surface area contributed by atoms with Crippen LogP contribution in [0.15, 0.2) is 59.1 Å². The summed E-state index contributed by atoms with van der Waals surface area (Å²) in [6, 6.07) is 14.9. The molecule has 0 aliphatic carbocycles. The molecule has 1 atom stereocenters. The van der Waals surface area contributed by atoms with Crippen molar-refractivity contribution in [1.82, 2.24) is 5.32 Å². The van der Waals surface area contributed by atoms with Crippen LogP contribution in [-0.4, -0.2) is 30.5 Å². The number of ether oxygens (including phenoxy) is 2. The number of carbonyl (C=O) groups excluding carboxylic acids is 3. The molecule has 136 valence electrons. The summed E-state index contributed by atoms with van der Waals surface area (Å²) in [7, 11) is 0. The van der Waals surface area contributed by atoms with Crippen LogP contribution in [0.2, 0.25) is 0 Å². The van der Waals surface area contributed by atoms with E-state index in [0.717, 1.165) is 10.0 Å². The highest BCUT2D eigenvalue weighted by Gasteiger charge is 2.19. The minimum Gasteiger partial charge on any atom is -0.456 e. The van der Waals surface area contributed by atoms with E-state index >= 15 is 0 Å². The Balaban J connectivity index is 1.73. The lowest BCUT2D eigenvalue weighted by Gasteiger charge is -2.13. The van der Waals surface area contributed by atoms with Gasteiger partial charge in [-0.05, 0) is 24.6 Å². The smallest absolute Gasteiger partial charge is 0.408 e. The van der Waals surface area contributed by atoms with Crippen molar-refractivity contribution in [2.24, 2.45) is 0 Å². The average Bonchev–Trinajstić information content (AvgIpc) is 2.65. The molecule has 2 aromatic rings. The molecule has 0 bridgehead atoms. The molecule has 0 aromatic heterocycles. The van der Waals surface area contributed by atoms with Gasteiger partial charge in [0.15, 0.2) is 12.4 Å². The number of hydrogen-bond donors (Lipinski definition) is 1. The number of ketones is 1. The maximum atomic E-state index is 12.0. The molecular weight excluding hydrogens is 402 g/mol. The van der Waals surface area contributed by atoms with E-state index in [1.54, 1.807) is 24.3 Å². The van der Waals surface area contributed by atoms with Crippen molar-refractivity contribution >= 4 is 33.8 Å². The summed E-state index contributed by atoms with van der Waals surface area (Å²) in [6.45, 7) is 1.15. The van der Waals surface area contributed by atoms with Crippen molar-refractivity contribution in [3.05, 3.63) is 70.2 Å². The van der Waals surface area contributed by atoms with Crippen LogP contribution in [0.5, 0.6) is 0 Å². The lowest BCUT2D eigenvalue weighted by molar-refractivity contribution is -0.144. The first-order chi connectivity index (χ1) is 12.5. The van der Waals surface area contributed by atoms with Gasteiger partial charge in [-0.15, -0.1) is 0 Å². The normalized spacial score (nSPS) is 11.3. The first kappa shape index (κ1) is 19.7. The molecule has 0 aliphatic rings. The van der Waals surface area contributed by atoms with Crippen LogP contribution in [0.3, 0.4) is 0 Å². The van der Waals surface area contributed by atoms with E-state index in [0.29, 0.717) is 5.56 Å². The minimum atomic E-state index is -0.934. The van der Waals surface area contributed by atoms with Gasteiger partial charge in [-0.25, -0.2) is 9.59 Å². The van der Waals surface area contributed by atoms with Crippen LogP contribution in [0.4, 0.5) is 4.79 Å². The molecule has 26 heavy (non-hydrogen) atoms. The lowest BCUT2D eigenvalue weighted by Crippen LogP contribution is -2.40. The molecule has 0 spiro atoms. The highest BCUT2D eigenvalue weighted by Crippen LogP contribution is 2.11. The first-order valence-electron chi connectivity index (χ1n) is 7.88. The third-order valence-corrected chi connectivity index (χ3v) is 3.94. The number of alkyl carbamates (subject to hydrolysis) is 1. The zero-order valence-electron chi connectivity index (χ0n) is 14.1. The summed E-state index contributed by atoms with van der Waals surface area (Å²) < 4.78 is 10.8. The standard InChI is InChI=1S/C19H18BrNO5/c1-13(21-19(24)26-11-14-5-3-2-4-6-14)18(23)25-12-17(22)15-7-9-16(20)10-8-15/h2-10,13H,11-12H2,1H3,(H,21,24)/t13-/m0/s1. The molecule has 0 saturated carbocycles. The number of nitrogens with one attached hydrogen (secondary N) is 1. The predicted molar refractivity (Wildman–Crippen MR) is 98.7 cm³/mol. The summed E-state index contributed by atoms with van der Waals surface area (Å²) >= 11 is 3.28. The monoisotopic (exact) mass is 419 g/mol. The zero-order valence-corrected chi connectivity index (χ0v) is 15.7. The maximum Gasteiger partial charge on any atom is 0.408 e. The third kappa shape index (κ3) is 6.33. The summed E-state index contributed by atoms with van der Waals surface area (Å²) in [5, 5.41) is 2.37. The van der Waals surface area contributed by atoms with Crippen LogP contribution < -0.4 is 5.32 Å². The fourth-order valence-electron chi connectivity index (χ4n) is 1.98. The molecule has 2 rings (SSSR count). The van der Waals surface area contributed by atoms with E-state index in [-0.39, 0.29) is 12.4 Å². The molecule has 7 heteroatoms. The van der Waals surface area contributed by atoms with Gasteiger partial charge < -0.3 is 14.8 Å². The quantitative estimate of drug-likeness (QED) is 0.548. The summed E-state index contributed by atoms with van der Waals surface area (Å²) in [6.07, 6.45) is -0.738. The van der Waals surface area contributed by atoms with Crippen molar-refractivity contribution in [2.45, 2.75) is 19.6 Å². The number of rotatable bonds is 7. The van der Waals surface area contributed by atoms with Crippen molar-refractivity contribution in [2.75, 3.05) is 6.61 Å². The molecule has 1 amide bonds. The fraction of sp³-hybridized carbons (Fsp3) is 0.211. The van der Waals surface area contributed by atoms with E-state index in [4.69, 9.17) is 9.47 Å². The van der Waals surface area contributed by atoms with E-state index < -0.39 is 24.7 Å². The predicted octanol–water partition coefficient (Wildman–Crippen LogP) is 3.49. The Morgan fingerprint density at radius 2 is 1.65 bits per heavy atom. The molecule has 0 unspecified atom stereocenters. The van der Waals surface area contributed by atoms with Crippen LogP contribution in [0.1, 0.15) is 22.8 Å². The molecule has 6 nitrogen and oxygen atoms in total. The van der Waals surface area contributed by atoms with Gasteiger partial charge >= 0.3 is 12.1 Å². The second-order valence-electron chi connectivity index (χ2n) is 5.47. The Kier molecular flexibility index (Phi) is 7.35. The van der Waals surface area contributed by atoms with Crippen LogP contribution in [0, 0.1) is 0 Å². The van der Waals surface area contributed by atoms with E-state index in [9.17, 15) is 14.4 Å². The Labute approximate surface area is 159 Å². The number of halogens is 1. The van der Waals surface area contributed by atoms with Gasteiger partial charge in [0.1, 0.15) is 12.6 Å². The summed E-state index contributed by atoms with van der Waals surface area (Å²) in [5.41, 5.74) is 1.27. The maximum absolute atomic E-state index is 12.0. The SMILES string of the molecule is C[C@H](NC(=O)OCc1ccccc1)C(=O)OCC(=O)c1ccc(Br)cc1. The Morgan fingerprint density at radius 3 is 2.31 bits per heavy atom. The Hall–Kier alpha value is -2.67. The van der Waals surface area contributed by atoms with Crippen LogP contribution in [0.25, 0.3) is 0 Å². The van der Waals surface area contributed by atoms with Gasteiger partial charge in [-0.1, -0.05) is 58.4 Å². The molecular formula is C19H18BrNO5. The van der Waals surface area contributed by atoms with Gasteiger partial charge in [0, 0.05) is 10.0 Å². The van der Waals surface area contributed by atoms with E-state index in [1.165, 1.54) is 6.92 Å². The van der Waals surface area contributed by atoms with Crippen molar-refractivity contribution in [3.8, 4) is 0 Å². The Bertz CT molecular complexity index is 761. The zero-order chi connectivity index (χ0) is 18.9. The van der Waals surface area contributed by atoms with Crippen molar-refractivity contribution in [1.29, 1.82) is 0 Å². The van der Waals surface area contributed by atoms with Crippen molar-refractivity contribution < 1.29 is 23.9 Å². The largest absolute Gasteiger partial charge is 0.456 e. The molecule has 2 aromatic carbocycles. The van der Waals surface area contributed by atoms with E-state index in [2.05, 4.69) is 21.2 Å². The van der Waals surface area contributed by atoms with Gasteiger partial charge in [0.25, 0.3) is 0 Å². The number of amides is 1. The topological polar surface area (TPSA) is 81.7 Å². The Morgan fingerprint density at radius 1 is 1.00 bits per heavy atom. The van der Waals surface area contributed by atoms with Gasteiger partial charge in [0.05, 0.1) is 0 Å². The molecule has 0 heterocycles. The van der Waals surface area contributed by atoms with E-state index in [1.807, 2.05) is 30.3 Å². The number of esters is 1. The van der Waals surface area contributed by atoms with Gasteiger partial charge in [-0.3, -0.25) is 4.79 Å². The molecule has 0 saturated heterocycles. The van der Waals surface area contributed by atoms with Crippen LogP contribution in [-0.2, 0) is 20.9 Å². The average molecular weight is 420 g/mol. The fourth-order valence-corrected chi connectivity index (χ4v) is 2.25. The molecule has 0 aliphatic heterocycles. The van der Waals surface area contributed by atoms with Gasteiger partial charge in [0.2, 0.25) is 0 Å². The number of carbonyl (C=O) groups is 3. The summed E-state index contributed by atoms with van der Waals surface area (Å²) in [4.78, 5) is 35.6. The molecule has 0 fully saturated rings. The highest BCUT2D eigenvalue weighted by atomic mass is 79.9. The highest BCUT2D eigenvalue weighted by molar-refractivity contribution is 9.10. The molecule has 1 N–H and O–H groups in total. The lowest BCUT2D eigenvalue weighted by atomic mass is 10.1. The second-order valence-corrected chi connectivity index (χ2v) is 6.38. The van der Waals surface area contributed by atoms with Gasteiger partial charge in [-0.2, -0.15) is 0 Å². The number of hydrogen-bond acceptors (Lipinski definition) is 5. The van der Waals surface area contributed by atoms with Crippen LogP contribution >= 0.6 is 15.9 Å². The van der Waals surface area contributed by atoms with Crippen molar-refractivity contribution in [3.63, 3.8) is 0 Å². The molecule has 0 radical (unpaired) electrons. The third-order valence-electron chi connectivity index (χ3n) is 3.41. The first-order valence-corrected chi connectivity index (χ1v) is 8.67. The summed E-state index contributed by atoms with van der Waals surface area (Å²) in [5.74, 6) is -1.04. The minimum absolute atomic E-state index is 0.0937. The number of benzene rings is 2. The number of Topliss-reactive ketones (excluding diaryl/α,β-unsaturated/α-hetero) is 1.